The second-order valence-electron chi connectivity index (χ2n) is 8.11. The molecular weight excluding hydrogens is 410 g/mol. The van der Waals surface area contributed by atoms with Crippen molar-refractivity contribution in [2.24, 2.45) is 0 Å². The maximum Gasteiger partial charge on any atom is 0.316 e. The number of hydrogen-bond acceptors (Lipinski definition) is 5. The maximum absolute atomic E-state index is 12.3. The van der Waals surface area contributed by atoms with E-state index in [1.807, 2.05) is 57.2 Å². The third-order valence-electron chi connectivity index (χ3n) is 6.15. The van der Waals surface area contributed by atoms with E-state index in [9.17, 15) is 9.00 Å². The van der Waals surface area contributed by atoms with Crippen LogP contribution in [0.2, 0.25) is 0 Å². The molecule has 1 saturated carbocycles. The van der Waals surface area contributed by atoms with E-state index < -0.39 is 16.2 Å². The number of carbonyl (C=O) groups excluding carboxylic acids is 1. The zero-order valence-electron chi connectivity index (χ0n) is 18.3. The Balaban J connectivity index is 1.58. The van der Waals surface area contributed by atoms with Crippen LogP contribution in [0.25, 0.3) is 22.5 Å². The van der Waals surface area contributed by atoms with Crippen LogP contribution in [0, 0.1) is 6.92 Å². The molecular formula is C25H27NO4S. The van der Waals surface area contributed by atoms with Crippen molar-refractivity contribution in [3.05, 3.63) is 65.4 Å². The molecule has 1 aliphatic carbocycles. The summed E-state index contributed by atoms with van der Waals surface area (Å²) in [5, 5.41) is 3.95. The van der Waals surface area contributed by atoms with Crippen LogP contribution in [0.15, 0.2) is 53.1 Å². The van der Waals surface area contributed by atoms with E-state index in [1.54, 1.807) is 6.26 Å². The molecule has 1 heterocycles. The van der Waals surface area contributed by atoms with Gasteiger partial charge >= 0.3 is 5.97 Å². The Morgan fingerprint density at radius 3 is 2.16 bits per heavy atom. The van der Waals surface area contributed by atoms with E-state index in [2.05, 4.69) is 17.3 Å². The maximum atomic E-state index is 12.3. The van der Waals surface area contributed by atoms with E-state index in [1.165, 1.54) is 0 Å². The highest BCUT2D eigenvalue weighted by atomic mass is 32.2. The SMILES string of the molecule is CCOC(=O)C1(c2ccc(-c3ccc(-c4onc(C)c4C(C)S(C)=O)cc3)cc2)CC1. The second-order valence-corrected chi connectivity index (χ2v) is 9.81. The normalized spacial score (nSPS) is 16.5. The molecule has 0 radical (unpaired) electrons. The quantitative estimate of drug-likeness (QED) is 0.466. The molecule has 2 aromatic carbocycles. The molecule has 4 rings (SSSR count). The van der Waals surface area contributed by atoms with Crippen molar-refractivity contribution in [2.75, 3.05) is 12.9 Å². The Labute approximate surface area is 185 Å². The summed E-state index contributed by atoms with van der Waals surface area (Å²) in [7, 11) is -1.01. The Hall–Kier alpha value is -2.73. The molecule has 1 aromatic heterocycles. The molecule has 162 valence electrons. The average Bonchev–Trinajstić information content (AvgIpc) is 3.50. The Morgan fingerprint density at radius 1 is 1.10 bits per heavy atom. The van der Waals surface area contributed by atoms with Gasteiger partial charge in [-0.2, -0.15) is 0 Å². The number of esters is 1. The standard InChI is InChI=1S/C25H27NO4S/c1-5-29-24(27)25(14-15-25)21-12-10-19(11-13-21)18-6-8-20(9-7-18)23-22(16(2)26-30-23)17(3)31(4)28/h6-13,17H,5,14-15H2,1-4H3. The van der Waals surface area contributed by atoms with E-state index in [0.29, 0.717) is 12.4 Å². The van der Waals surface area contributed by atoms with Crippen LogP contribution in [-0.2, 0) is 25.7 Å². The lowest BCUT2D eigenvalue weighted by molar-refractivity contribution is -0.146. The lowest BCUT2D eigenvalue weighted by Crippen LogP contribution is -2.23. The monoisotopic (exact) mass is 437 g/mol. The largest absolute Gasteiger partial charge is 0.465 e. The van der Waals surface area contributed by atoms with Gasteiger partial charge in [-0.05, 0) is 50.3 Å². The van der Waals surface area contributed by atoms with Gasteiger partial charge in [-0.25, -0.2) is 0 Å². The number of benzene rings is 2. The highest BCUT2D eigenvalue weighted by Gasteiger charge is 2.52. The number of ether oxygens (including phenoxy) is 1. The van der Waals surface area contributed by atoms with Gasteiger partial charge in [-0.1, -0.05) is 53.7 Å². The molecule has 6 heteroatoms. The topological polar surface area (TPSA) is 69.4 Å². The van der Waals surface area contributed by atoms with Crippen molar-refractivity contribution in [1.29, 1.82) is 0 Å². The van der Waals surface area contributed by atoms with Crippen molar-refractivity contribution in [2.45, 2.75) is 44.3 Å². The Kier molecular flexibility index (Phi) is 5.84. The van der Waals surface area contributed by atoms with Gasteiger partial charge in [0.05, 0.1) is 23.0 Å². The summed E-state index contributed by atoms with van der Waals surface area (Å²) < 4.78 is 22.8. The molecule has 0 saturated heterocycles. The molecule has 2 unspecified atom stereocenters. The molecule has 0 amide bonds. The van der Waals surface area contributed by atoms with Gasteiger partial charge in [0.25, 0.3) is 0 Å². The molecule has 31 heavy (non-hydrogen) atoms. The van der Waals surface area contributed by atoms with Gasteiger partial charge in [0.2, 0.25) is 0 Å². The van der Waals surface area contributed by atoms with E-state index in [-0.39, 0.29) is 11.2 Å². The molecule has 0 aliphatic heterocycles. The highest BCUT2D eigenvalue weighted by molar-refractivity contribution is 7.84. The van der Waals surface area contributed by atoms with E-state index >= 15 is 0 Å². The smallest absolute Gasteiger partial charge is 0.316 e. The first-order chi connectivity index (χ1) is 14.9. The van der Waals surface area contributed by atoms with Gasteiger partial charge in [0, 0.05) is 28.2 Å². The minimum atomic E-state index is -1.01. The summed E-state index contributed by atoms with van der Waals surface area (Å²) in [5.41, 5.74) is 5.30. The molecule has 1 fully saturated rings. The first kappa shape index (κ1) is 21.5. The summed E-state index contributed by atoms with van der Waals surface area (Å²) >= 11 is 0. The summed E-state index contributed by atoms with van der Waals surface area (Å²) in [6.07, 6.45) is 3.39. The zero-order chi connectivity index (χ0) is 22.2. The number of rotatable bonds is 7. The van der Waals surface area contributed by atoms with Gasteiger partial charge in [0.15, 0.2) is 5.76 Å². The molecule has 0 N–H and O–H groups in total. The molecule has 0 bridgehead atoms. The van der Waals surface area contributed by atoms with Gasteiger partial charge in [-0.15, -0.1) is 0 Å². The first-order valence-electron chi connectivity index (χ1n) is 10.5. The van der Waals surface area contributed by atoms with Crippen molar-refractivity contribution in [3.8, 4) is 22.5 Å². The Bertz CT molecular complexity index is 1110. The van der Waals surface area contributed by atoms with Crippen LogP contribution in [-0.4, -0.2) is 28.2 Å². The lowest BCUT2D eigenvalue weighted by atomic mass is 9.93. The zero-order valence-corrected chi connectivity index (χ0v) is 19.1. The third-order valence-corrected chi connectivity index (χ3v) is 7.38. The van der Waals surface area contributed by atoms with Crippen molar-refractivity contribution < 1.29 is 18.3 Å². The highest BCUT2D eigenvalue weighted by Crippen LogP contribution is 2.49. The van der Waals surface area contributed by atoms with Gasteiger partial charge < -0.3 is 9.26 Å². The fourth-order valence-corrected chi connectivity index (χ4v) is 4.64. The predicted octanol–water partition coefficient (Wildman–Crippen LogP) is 5.35. The van der Waals surface area contributed by atoms with Crippen LogP contribution in [0.5, 0.6) is 0 Å². The minimum absolute atomic E-state index is 0.118. The summed E-state index contributed by atoms with van der Waals surface area (Å²) in [4.78, 5) is 12.3. The lowest BCUT2D eigenvalue weighted by Gasteiger charge is -2.14. The second kappa shape index (κ2) is 8.42. The van der Waals surface area contributed by atoms with Crippen LogP contribution < -0.4 is 0 Å². The molecule has 1 aliphatic rings. The number of aromatic nitrogens is 1. The van der Waals surface area contributed by atoms with Gasteiger partial charge in [0.1, 0.15) is 0 Å². The van der Waals surface area contributed by atoms with Crippen LogP contribution in [0.3, 0.4) is 0 Å². The Morgan fingerprint density at radius 2 is 1.65 bits per heavy atom. The summed E-state index contributed by atoms with van der Waals surface area (Å²) in [6, 6.07) is 16.2. The third kappa shape index (κ3) is 3.97. The van der Waals surface area contributed by atoms with Crippen molar-refractivity contribution in [3.63, 3.8) is 0 Å². The van der Waals surface area contributed by atoms with Crippen LogP contribution in [0.1, 0.15) is 48.8 Å². The fraction of sp³-hybridized carbons (Fsp3) is 0.360. The van der Waals surface area contributed by atoms with Crippen LogP contribution in [0.4, 0.5) is 0 Å². The summed E-state index contributed by atoms with van der Waals surface area (Å²) in [5.74, 6) is 0.555. The fourth-order valence-electron chi connectivity index (χ4n) is 4.03. The van der Waals surface area contributed by atoms with E-state index in [4.69, 9.17) is 9.26 Å². The molecule has 5 nitrogen and oxygen atoms in total. The molecule has 3 aromatic rings. The number of carbonyl (C=O) groups is 1. The van der Waals surface area contributed by atoms with E-state index in [0.717, 1.165) is 46.4 Å². The van der Waals surface area contributed by atoms with Crippen LogP contribution >= 0.6 is 0 Å². The molecule has 0 spiro atoms. The molecule has 2 atom stereocenters. The number of nitrogens with zero attached hydrogens (tertiary/aromatic N) is 1. The van der Waals surface area contributed by atoms with Crippen molar-refractivity contribution in [1.82, 2.24) is 5.16 Å². The number of aryl methyl sites for hydroxylation is 1. The average molecular weight is 438 g/mol. The number of hydrogen-bond donors (Lipinski definition) is 0. The minimum Gasteiger partial charge on any atom is -0.465 e. The van der Waals surface area contributed by atoms with Gasteiger partial charge in [-0.3, -0.25) is 9.00 Å². The first-order valence-corrected chi connectivity index (χ1v) is 12.2. The summed E-state index contributed by atoms with van der Waals surface area (Å²) in [6.45, 7) is 6.05. The predicted molar refractivity (Wildman–Crippen MR) is 122 cm³/mol. The van der Waals surface area contributed by atoms with Crippen molar-refractivity contribution >= 4 is 16.8 Å².